The molecule has 8 heteroatoms. The maximum absolute atomic E-state index is 13.2. The van der Waals surface area contributed by atoms with E-state index in [2.05, 4.69) is 16.3 Å². The number of benzene rings is 1. The lowest BCUT2D eigenvalue weighted by Gasteiger charge is -2.33. The van der Waals surface area contributed by atoms with Crippen molar-refractivity contribution in [3.8, 4) is 0 Å². The number of hydrogen-bond donors (Lipinski definition) is 0. The zero-order valence-corrected chi connectivity index (χ0v) is 14.8. The molecule has 0 atom stereocenters. The number of halogens is 1. The highest BCUT2D eigenvalue weighted by Crippen LogP contribution is 2.21. The molecule has 0 saturated carbocycles. The summed E-state index contributed by atoms with van der Waals surface area (Å²) >= 11 is 1.72. The summed E-state index contributed by atoms with van der Waals surface area (Å²) in [6, 6.07) is 7.42. The van der Waals surface area contributed by atoms with Crippen LogP contribution in [0.5, 0.6) is 0 Å². The van der Waals surface area contributed by atoms with Gasteiger partial charge in [-0.15, -0.1) is 11.3 Å². The molecule has 1 fully saturated rings. The highest BCUT2D eigenvalue weighted by molar-refractivity contribution is 7.09. The fourth-order valence-corrected chi connectivity index (χ4v) is 3.58. The van der Waals surface area contributed by atoms with Gasteiger partial charge in [-0.25, -0.2) is 4.39 Å². The highest BCUT2D eigenvalue weighted by Gasteiger charge is 2.20. The Hall–Kier alpha value is -2.58. The summed E-state index contributed by atoms with van der Waals surface area (Å²) in [5.41, 5.74) is -0.143. The van der Waals surface area contributed by atoms with E-state index in [-0.39, 0.29) is 17.2 Å². The van der Waals surface area contributed by atoms with Crippen LogP contribution in [0.4, 0.5) is 10.1 Å². The van der Waals surface area contributed by atoms with Crippen LogP contribution in [0.1, 0.15) is 10.4 Å². The van der Waals surface area contributed by atoms with Gasteiger partial charge in [-0.05, 0) is 29.7 Å². The third-order valence-electron chi connectivity index (χ3n) is 4.24. The Balaban J connectivity index is 1.57. The van der Waals surface area contributed by atoms with Crippen LogP contribution in [-0.2, 0) is 11.3 Å². The molecule has 6 nitrogen and oxygen atoms in total. The Morgan fingerprint density at radius 2 is 2.04 bits per heavy atom. The lowest BCUT2D eigenvalue weighted by Crippen LogP contribution is -2.47. The minimum Gasteiger partial charge on any atom is -0.337 e. The number of rotatable bonds is 5. The molecule has 1 amide bonds. The number of amides is 1. The largest absolute Gasteiger partial charge is 0.337 e. The van der Waals surface area contributed by atoms with Crippen LogP contribution in [-0.4, -0.2) is 46.8 Å². The summed E-state index contributed by atoms with van der Waals surface area (Å²) in [5.74, 6) is -0.874. The molecule has 3 rings (SSSR count). The number of thiophene rings is 1. The van der Waals surface area contributed by atoms with Crippen molar-refractivity contribution >= 4 is 29.0 Å². The molecule has 26 heavy (non-hydrogen) atoms. The number of nitro benzene ring substituents is 1. The smallest absolute Gasteiger partial charge is 0.279 e. The molecule has 1 aromatic carbocycles. The molecular weight excluding hydrogens is 357 g/mol. The fraction of sp³-hybridized carbons (Fsp3) is 0.278. The van der Waals surface area contributed by atoms with Gasteiger partial charge >= 0.3 is 0 Å². The van der Waals surface area contributed by atoms with E-state index in [0.717, 1.165) is 31.8 Å². The van der Waals surface area contributed by atoms with Crippen LogP contribution in [0.2, 0.25) is 0 Å². The van der Waals surface area contributed by atoms with Crippen molar-refractivity contribution in [2.45, 2.75) is 6.54 Å². The third-order valence-corrected chi connectivity index (χ3v) is 5.10. The quantitative estimate of drug-likeness (QED) is 0.457. The molecule has 1 saturated heterocycles. The Morgan fingerprint density at radius 3 is 2.69 bits per heavy atom. The summed E-state index contributed by atoms with van der Waals surface area (Å²) in [6.07, 6.45) is 2.69. The summed E-state index contributed by atoms with van der Waals surface area (Å²) in [5, 5.41) is 13.0. The first-order valence-corrected chi connectivity index (χ1v) is 9.06. The monoisotopic (exact) mass is 375 g/mol. The Kier molecular flexibility index (Phi) is 5.75. The lowest BCUT2D eigenvalue weighted by molar-refractivity contribution is -0.385. The Morgan fingerprint density at radius 1 is 1.27 bits per heavy atom. The maximum atomic E-state index is 13.2. The number of hydrogen-bond acceptors (Lipinski definition) is 5. The highest BCUT2D eigenvalue weighted by atomic mass is 32.1. The number of nitrogens with zero attached hydrogens (tertiary/aromatic N) is 3. The summed E-state index contributed by atoms with van der Waals surface area (Å²) in [4.78, 5) is 28.0. The van der Waals surface area contributed by atoms with Gasteiger partial charge < -0.3 is 4.90 Å². The minimum atomic E-state index is -0.679. The van der Waals surface area contributed by atoms with E-state index < -0.39 is 10.7 Å². The van der Waals surface area contributed by atoms with Crippen molar-refractivity contribution in [3.63, 3.8) is 0 Å². The minimum absolute atomic E-state index is 0.195. The number of carbonyl (C=O) groups excluding carboxylic acids is 1. The van der Waals surface area contributed by atoms with Crippen molar-refractivity contribution in [1.82, 2.24) is 9.80 Å². The van der Waals surface area contributed by atoms with Crippen LogP contribution in [0, 0.1) is 15.9 Å². The van der Waals surface area contributed by atoms with E-state index in [1.54, 1.807) is 16.2 Å². The van der Waals surface area contributed by atoms with E-state index in [9.17, 15) is 19.3 Å². The predicted octanol–water partition coefficient (Wildman–Crippen LogP) is 3.15. The van der Waals surface area contributed by atoms with Crippen LogP contribution < -0.4 is 0 Å². The predicted molar refractivity (Wildman–Crippen MR) is 98.3 cm³/mol. The van der Waals surface area contributed by atoms with Gasteiger partial charge in [-0.2, -0.15) is 0 Å². The van der Waals surface area contributed by atoms with Gasteiger partial charge in [0.25, 0.3) is 5.69 Å². The number of carbonyl (C=O) groups is 1. The van der Waals surface area contributed by atoms with E-state index in [1.165, 1.54) is 23.1 Å². The molecule has 2 heterocycles. The first-order valence-electron chi connectivity index (χ1n) is 8.18. The second-order valence-corrected chi connectivity index (χ2v) is 7.01. The van der Waals surface area contributed by atoms with E-state index in [0.29, 0.717) is 13.1 Å². The van der Waals surface area contributed by atoms with Crippen molar-refractivity contribution in [3.05, 3.63) is 68.2 Å². The number of nitro groups is 1. The van der Waals surface area contributed by atoms with Gasteiger partial charge in [0.15, 0.2) is 0 Å². The molecule has 0 aliphatic carbocycles. The maximum Gasteiger partial charge on any atom is 0.279 e. The third kappa shape index (κ3) is 4.53. The Bertz CT molecular complexity index is 815. The topological polar surface area (TPSA) is 66.7 Å². The van der Waals surface area contributed by atoms with Gasteiger partial charge in [0, 0.05) is 43.7 Å². The summed E-state index contributed by atoms with van der Waals surface area (Å²) in [7, 11) is 0. The lowest BCUT2D eigenvalue weighted by atomic mass is 10.1. The molecule has 0 unspecified atom stereocenters. The van der Waals surface area contributed by atoms with E-state index >= 15 is 0 Å². The Labute approximate surface area is 154 Å². The zero-order valence-electron chi connectivity index (χ0n) is 14.0. The van der Waals surface area contributed by atoms with Gasteiger partial charge in [0.1, 0.15) is 5.82 Å². The second-order valence-electron chi connectivity index (χ2n) is 5.97. The molecule has 0 spiro atoms. The molecule has 2 aromatic rings. The van der Waals surface area contributed by atoms with E-state index in [1.807, 2.05) is 6.07 Å². The molecule has 1 aromatic heterocycles. The van der Waals surface area contributed by atoms with Crippen LogP contribution in [0.15, 0.2) is 41.8 Å². The normalized spacial score (nSPS) is 15.5. The molecular formula is C18H18FN3O3S. The molecule has 1 aliphatic rings. The second kappa shape index (κ2) is 8.20. The molecule has 0 bridgehead atoms. The summed E-state index contributed by atoms with van der Waals surface area (Å²) in [6.45, 7) is 3.68. The van der Waals surface area contributed by atoms with Gasteiger partial charge in [0.2, 0.25) is 5.91 Å². The fourth-order valence-electron chi connectivity index (χ4n) is 2.83. The van der Waals surface area contributed by atoms with Crippen LogP contribution in [0.3, 0.4) is 0 Å². The molecule has 0 radical (unpaired) electrons. The molecule has 136 valence electrons. The zero-order chi connectivity index (χ0) is 18.5. The van der Waals surface area contributed by atoms with Crippen molar-refractivity contribution in [2.75, 3.05) is 26.2 Å². The van der Waals surface area contributed by atoms with Gasteiger partial charge in [0.05, 0.1) is 16.6 Å². The number of piperazine rings is 1. The summed E-state index contributed by atoms with van der Waals surface area (Å²) < 4.78 is 13.2. The van der Waals surface area contributed by atoms with Crippen LogP contribution >= 0.6 is 11.3 Å². The van der Waals surface area contributed by atoms with Crippen molar-refractivity contribution in [2.24, 2.45) is 0 Å². The first kappa shape index (κ1) is 18.2. The van der Waals surface area contributed by atoms with Gasteiger partial charge in [-0.1, -0.05) is 6.07 Å². The standard InChI is InChI=1S/C18H18FN3O3S/c19-15-5-3-14(17(12-15)22(24)25)4-6-18(23)21-9-7-20(8-10-21)13-16-2-1-11-26-16/h1-6,11-12H,7-10,13H2. The molecule has 0 N–H and O–H groups in total. The molecule has 1 aliphatic heterocycles. The van der Waals surface area contributed by atoms with Crippen LogP contribution in [0.25, 0.3) is 6.08 Å². The van der Waals surface area contributed by atoms with Gasteiger partial charge in [-0.3, -0.25) is 19.8 Å². The first-order chi connectivity index (χ1) is 12.5. The van der Waals surface area contributed by atoms with Crippen molar-refractivity contribution in [1.29, 1.82) is 0 Å². The average Bonchev–Trinajstić information content (AvgIpc) is 3.14. The SMILES string of the molecule is O=C(C=Cc1ccc(F)cc1[N+](=O)[O-])N1CCN(Cc2cccs2)CC1. The van der Waals surface area contributed by atoms with E-state index in [4.69, 9.17) is 0 Å². The average molecular weight is 375 g/mol. The van der Waals surface area contributed by atoms with Crippen molar-refractivity contribution < 1.29 is 14.1 Å².